The lowest BCUT2D eigenvalue weighted by Gasteiger charge is -2.45. The smallest absolute Gasteiger partial charge is 0.248 e. The molecule has 0 bridgehead atoms. The third-order valence-corrected chi connectivity index (χ3v) is 7.02. The van der Waals surface area contributed by atoms with Gasteiger partial charge in [-0.25, -0.2) is 4.39 Å². The lowest BCUT2D eigenvalue weighted by atomic mass is 9.68. The first-order valence-electron chi connectivity index (χ1n) is 11.4. The van der Waals surface area contributed by atoms with E-state index in [2.05, 4.69) is 36.9 Å². The molecule has 33 heavy (non-hydrogen) atoms. The van der Waals surface area contributed by atoms with Gasteiger partial charge in [-0.15, -0.1) is 0 Å². The number of hydrogen-bond acceptors (Lipinski definition) is 3. The quantitative estimate of drug-likeness (QED) is 0.536. The van der Waals surface area contributed by atoms with E-state index in [0.29, 0.717) is 18.1 Å². The highest BCUT2D eigenvalue weighted by atomic mass is 19.1. The molecule has 0 saturated carbocycles. The van der Waals surface area contributed by atoms with Crippen LogP contribution in [-0.4, -0.2) is 23.9 Å². The Kier molecular flexibility index (Phi) is 6.80. The Hall–Kier alpha value is -3.18. The number of ether oxygens (including phenoxy) is 1. The average Bonchev–Trinajstić information content (AvgIpc) is 2.82. The summed E-state index contributed by atoms with van der Waals surface area (Å²) in [6.07, 6.45) is 1.02. The predicted molar refractivity (Wildman–Crippen MR) is 129 cm³/mol. The van der Waals surface area contributed by atoms with Crippen molar-refractivity contribution >= 4 is 5.91 Å². The van der Waals surface area contributed by atoms with Crippen LogP contribution in [0.5, 0.6) is 5.75 Å². The number of likely N-dealkylation sites (tertiary alicyclic amines) is 1. The lowest BCUT2D eigenvalue weighted by Crippen LogP contribution is -2.47. The molecule has 1 saturated heterocycles. The zero-order valence-corrected chi connectivity index (χ0v) is 19.3. The Bertz CT molecular complexity index is 1100. The molecular weight excluding hydrogens is 415 g/mol. The molecule has 5 heteroatoms. The van der Waals surface area contributed by atoms with Gasteiger partial charge in [-0.3, -0.25) is 9.69 Å². The van der Waals surface area contributed by atoms with E-state index in [1.54, 1.807) is 18.2 Å². The summed E-state index contributed by atoms with van der Waals surface area (Å²) in [6, 6.07) is 22.3. The topological polar surface area (TPSA) is 55.6 Å². The first-order valence-corrected chi connectivity index (χ1v) is 11.4. The summed E-state index contributed by atoms with van der Waals surface area (Å²) in [5.74, 6) is 0.620. The van der Waals surface area contributed by atoms with Gasteiger partial charge in [0.15, 0.2) is 0 Å². The Morgan fingerprint density at radius 1 is 1.09 bits per heavy atom. The number of rotatable bonds is 7. The summed E-state index contributed by atoms with van der Waals surface area (Å²) in [7, 11) is 0. The van der Waals surface area contributed by atoms with Crippen molar-refractivity contribution in [2.75, 3.05) is 13.1 Å². The largest absolute Gasteiger partial charge is 0.489 e. The van der Waals surface area contributed by atoms with Crippen LogP contribution in [0.1, 0.15) is 47.3 Å². The van der Waals surface area contributed by atoms with Crippen LogP contribution >= 0.6 is 0 Å². The van der Waals surface area contributed by atoms with Gasteiger partial charge in [-0.2, -0.15) is 0 Å². The summed E-state index contributed by atoms with van der Waals surface area (Å²) >= 11 is 0. The van der Waals surface area contributed by atoms with Gasteiger partial charge in [0.1, 0.15) is 18.2 Å². The van der Waals surface area contributed by atoms with Crippen LogP contribution < -0.4 is 10.5 Å². The molecule has 1 aliphatic heterocycles. The highest BCUT2D eigenvalue weighted by Gasteiger charge is 2.38. The summed E-state index contributed by atoms with van der Waals surface area (Å²) in [4.78, 5) is 14.1. The lowest BCUT2D eigenvalue weighted by molar-refractivity contribution is 0.0996. The molecule has 4 rings (SSSR count). The fourth-order valence-corrected chi connectivity index (χ4v) is 4.61. The molecule has 2 atom stereocenters. The molecule has 172 valence electrons. The maximum atomic E-state index is 13.0. The van der Waals surface area contributed by atoms with Crippen LogP contribution in [0.25, 0.3) is 0 Å². The van der Waals surface area contributed by atoms with E-state index in [-0.39, 0.29) is 17.1 Å². The van der Waals surface area contributed by atoms with Gasteiger partial charge < -0.3 is 10.5 Å². The molecule has 2 unspecified atom stereocenters. The van der Waals surface area contributed by atoms with Gasteiger partial charge in [0.25, 0.3) is 0 Å². The van der Waals surface area contributed by atoms with E-state index in [1.165, 1.54) is 23.3 Å². The molecule has 0 aliphatic carbocycles. The van der Waals surface area contributed by atoms with E-state index in [9.17, 15) is 9.18 Å². The number of benzene rings is 3. The second-order valence-corrected chi connectivity index (χ2v) is 9.31. The first-order chi connectivity index (χ1) is 15.8. The molecule has 4 nitrogen and oxygen atoms in total. The van der Waals surface area contributed by atoms with Crippen molar-refractivity contribution in [3.63, 3.8) is 0 Å². The second-order valence-electron chi connectivity index (χ2n) is 9.31. The molecule has 3 aromatic carbocycles. The van der Waals surface area contributed by atoms with Crippen LogP contribution in [-0.2, 0) is 18.6 Å². The van der Waals surface area contributed by atoms with Gasteiger partial charge >= 0.3 is 0 Å². The fourth-order valence-electron chi connectivity index (χ4n) is 4.61. The van der Waals surface area contributed by atoms with Crippen molar-refractivity contribution in [3.05, 3.63) is 101 Å². The van der Waals surface area contributed by atoms with E-state index in [1.807, 2.05) is 24.3 Å². The van der Waals surface area contributed by atoms with Crippen LogP contribution in [0.2, 0.25) is 0 Å². The standard InChI is InChI=1S/C28H31FN2O2/c1-20-17-31(15-14-28(20,2)24-5-3-4-23(16-24)27(30)32)18-21-8-12-26(13-9-21)33-19-22-6-10-25(29)11-7-22/h3-13,16,20H,14-15,17-19H2,1-2H3,(H2,30,32). The minimum Gasteiger partial charge on any atom is -0.489 e. The molecule has 0 radical (unpaired) electrons. The normalized spacial score (nSPS) is 21.0. The second kappa shape index (κ2) is 9.75. The molecule has 3 aromatic rings. The molecule has 1 heterocycles. The maximum absolute atomic E-state index is 13.0. The molecule has 1 aliphatic rings. The molecule has 0 spiro atoms. The Morgan fingerprint density at radius 2 is 1.79 bits per heavy atom. The SMILES string of the molecule is CC1CN(Cc2ccc(OCc3ccc(F)cc3)cc2)CCC1(C)c1cccc(C(N)=O)c1. The van der Waals surface area contributed by atoms with Crippen molar-refractivity contribution in [2.45, 2.75) is 38.8 Å². The Morgan fingerprint density at radius 3 is 2.45 bits per heavy atom. The Labute approximate surface area is 195 Å². The van der Waals surface area contributed by atoms with Gasteiger partial charge in [-0.05, 0) is 77.4 Å². The summed E-state index contributed by atoms with van der Waals surface area (Å²) < 4.78 is 18.9. The molecule has 1 amide bonds. The highest BCUT2D eigenvalue weighted by Crippen LogP contribution is 2.40. The zero-order chi connectivity index (χ0) is 23.4. The first kappa shape index (κ1) is 23.0. The number of primary amides is 1. The molecule has 2 N–H and O–H groups in total. The van der Waals surface area contributed by atoms with Gasteiger partial charge in [0, 0.05) is 18.7 Å². The molecule has 0 aromatic heterocycles. The van der Waals surface area contributed by atoms with Crippen LogP contribution in [0, 0.1) is 11.7 Å². The number of nitrogens with two attached hydrogens (primary N) is 1. The fraction of sp³-hybridized carbons (Fsp3) is 0.321. The van der Waals surface area contributed by atoms with Gasteiger partial charge in [0.05, 0.1) is 0 Å². The van der Waals surface area contributed by atoms with Crippen molar-refractivity contribution in [2.24, 2.45) is 11.7 Å². The van der Waals surface area contributed by atoms with Crippen molar-refractivity contribution in [1.82, 2.24) is 4.90 Å². The number of amides is 1. The van der Waals surface area contributed by atoms with E-state index in [0.717, 1.165) is 37.4 Å². The van der Waals surface area contributed by atoms with Gasteiger partial charge in [0.2, 0.25) is 5.91 Å². The third kappa shape index (κ3) is 5.42. The van der Waals surface area contributed by atoms with Crippen molar-refractivity contribution in [3.8, 4) is 5.75 Å². The van der Waals surface area contributed by atoms with Crippen LogP contribution in [0.4, 0.5) is 4.39 Å². The van der Waals surface area contributed by atoms with Gasteiger partial charge in [-0.1, -0.05) is 50.2 Å². The third-order valence-electron chi connectivity index (χ3n) is 7.02. The van der Waals surface area contributed by atoms with Crippen molar-refractivity contribution in [1.29, 1.82) is 0 Å². The monoisotopic (exact) mass is 446 g/mol. The number of nitrogens with zero attached hydrogens (tertiary/aromatic N) is 1. The highest BCUT2D eigenvalue weighted by molar-refractivity contribution is 5.92. The molecule has 1 fully saturated rings. The summed E-state index contributed by atoms with van der Waals surface area (Å²) in [5.41, 5.74) is 9.45. The number of piperidine rings is 1. The summed E-state index contributed by atoms with van der Waals surface area (Å²) in [5, 5.41) is 0. The minimum absolute atomic E-state index is 0.0139. The van der Waals surface area contributed by atoms with E-state index in [4.69, 9.17) is 10.5 Å². The zero-order valence-electron chi connectivity index (χ0n) is 19.3. The Balaban J connectivity index is 1.34. The number of halogens is 1. The van der Waals surface area contributed by atoms with Crippen molar-refractivity contribution < 1.29 is 13.9 Å². The minimum atomic E-state index is -0.379. The van der Waals surface area contributed by atoms with Crippen LogP contribution in [0.15, 0.2) is 72.8 Å². The average molecular weight is 447 g/mol. The predicted octanol–water partition coefficient (Wildman–Crippen LogP) is 5.30. The summed E-state index contributed by atoms with van der Waals surface area (Å²) in [6.45, 7) is 7.86. The number of hydrogen-bond donors (Lipinski definition) is 1. The molecular formula is C28H31FN2O2. The number of carbonyl (C=O) groups is 1. The van der Waals surface area contributed by atoms with E-state index >= 15 is 0 Å². The van der Waals surface area contributed by atoms with Crippen LogP contribution in [0.3, 0.4) is 0 Å². The number of carbonyl (C=O) groups excluding carboxylic acids is 1. The van der Waals surface area contributed by atoms with E-state index < -0.39 is 0 Å². The maximum Gasteiger partial charge on any atom is 0.248 e.